The molecule has 1 heterocycles. The molecule has 1 aliphatic carbocycles. The van der Waals surface area contributed by atoms with Crippen molar-refractivity contribution in [1.82, 2.24) is 9.55 Å². The lowest BCUT2D eigenvalue weighted by molar-refractivity contribution is 0.101. The Morgan fingerprint density at radius 3 is 2.50 bits per heavy atom. The van der Waals surface area contributed by atoms with Crippen LogP contribution in [0.3, 0.4) is 0 Å². The Morgan fingerprint density at radius 2 is 1.94 bits per heavy atom. The summed E-state index contributed by atoms with van der Waals surface area (Å²) in [6.07, 6.45) is 1.17. The summed E-state index contributed by atoms with van der Waals surface area (Å²) in [5.41, 5.74) is 1.46. The van der Waals surface area contributed by atoms with Crippen molar-refractivity contribution in [3.8, 4) is 0 Å². The molecule has 3 rings (SSSR count). The number of rotatable bonds is 1. The quantitative estimate of drug-likeness (QED) is 0.751. The minimum absolute atomic E-state index is 0.187. The van der Waals surface area contributed by atoms with Crippen molar-refractivity contribution in [2.24, 2.45) is 0 Å². The van der Waals surface area contributed by atoms with Crippen molar-refractivity contribution in [3.63, 3.8) is 0 Å². The summed E-state index contributed by atoms with van der Waals surface area (Å²) in [5, 5.41) is 0. The fraction of sp³-hybridized carbons (Fsp3) is 0.462. The topological polar surface area (TPSA) is 17.8 Å². The Labute approximate surface area is 103 Å². The molecular weight excluding hydrogens is 241 g/mol. The molecule has 0 radical (unpaired) electrons. The highest BCUT2D eigenvalue weighted by molar-refractivity contribution is 5.76. The third-order valence-electron chi connectivity index (χ3n) is 2.98. The number of aryl methyl sites for hydroxylation is 1. The molecule has 0 N–H and O–H groups in total. The van der Waals surface area contributed by atoms with E-state index in [1.807, 2.05) is 13.8 Å². The average Bonchev–Trinajstić information content (AvgIpc) is 2.79. The maximum absolute atomic E-state index is 13.4. The molecule has 1 aliphatic rings. The van der Waals surface area contributed by atoms with Crippen molar-refractivity contribution < 1.29 is 13.2 Å². The number of alkyl halides is 2. The standard InChI is InChI=1S/C11H9F3N2.C2H6/c1-6-2-8-9(3-7(6)12)16(5-15-8)10-4-11(10,13)14;1-2/h2-3,5,10H,4H2,1H3;1-2H3. The van der Waals surface area contributed by atoms with E-state index in [1.54, 1.807) is 13.0 Å². The number of aromatic nitrogens is 2. The molecule has 0 spiro atoms. The lowest BCUT2D eigenvalue weighted by Gasteiger charge is -2.03. The molecule has 0 amide bonds. The molecule has 0 bridgehead atoms. The molecule has 0 saturated heterocycles. The van der Waals surface area contributed by atoms with Gasteiger partial charge in [-0.05, 0) is 18.6 Å². The number of fused-ring (bicyclic) bond motifs is 1. The lowest BCUT2D eigenvalue weighted by Crippen LogP contribution is -2.01. The molecule has 5 heteroatoms. The van der Waals surface area contributed by atoms with Crippen LogP contribution in [0.1, 0.15) is 31.9 Å². The molecule has 0 aliphatic heterocycles. The summed E-state index contributed by atoms with van der Waals surface area (Å²) in [4.78, 5) is 4.01. The number of halogens is 3. The van der Waals surface area contributed by atoms with E-state index in [0.29, 0.717) is 16.6 Å². The van der Waals surface area contributed by atoms with E-state index in [0.717, 1.165) is 0 Å². The first kappa shape index (κ1) is 12.9. The molecule has 1 fully saturated rings. The van der Waals surface area contributed by atoms with Gasteiger partial charge in [-0.2, -0.15) is 0 Å². The van der Waals surface area contributed by atoms with Crippen LogP contribution in [0.5, 0.6) is 0 Å². The van der Waals surface area contributed by atoms with Gasteiger partial charge in [0, 0.05) is 12.5 Å². The van der Waals surface area contributed by atoms with E-state index in [2.05, 4.69) is 4.98 Å². The van der Waals surface area contributed by atoms with Crippen molar-refractivity contribution in [2.45, 2.75) is 39.2 Å². The van der Waals surface area contributed by atoms with Gasteiger partial charge in [-0.3, -0.25) is 0 Å². The fourth-order valence-corrected chi connectivity index (χ4v) is 1.90. The minimum atomic E-state index is -2.67. The van der Waals surface area contributed by atoms with Crippen LogP contribution in [0.2, 0.25) is 0 Å². The van der Waals surface area contributed by atoms with Crippen molar-refractivity contribution in [3.05, 3.63) is 29.8 Å². The van der Waals surface area contributed by atoms with Crippen LogP contribution in [-0.2, 0) is 0 Å². The normalized spacial score (nSPS) is 20.4. The zero-order valence-corrected chi connectivity index (χ0v) is 10.5. The van der Waals surface area contributed by atoms with Gasteiger partial charge in [-0.25, -0.2) is 18.2 Å². The molecule has 1 aromatic heterocycles. The summed E-state index contributed by atoms with van der Waals surface area (Å²) in [6, 6.07) is 1.98. The van der Waals surface area contributed by atoms with Crippen LogP contribution >= 0.6 is 0 Å². The molecule has 2 nitrogen and oxygen atoms in total. The SMILES string of the molecule is CC.Cc1cc2ncn(C3CC3(F)F)c2cc1F. The zero-order chi connectivity index (χ0) is 13.5. The third-order valence-corrected chi connectivity index (χ3v) is 2.98. The molecule has 1 atom stereocenters. The van der Waals surface area contributed by atoms with Gasteiger partial charge in [0.2, 0.25) is 0 Å². The van der Waals surface area contributed by atoms with Crippen LogP contribution in [0.15, 0.2) is 18.5 Å². The maximum atomic E-state index is 13.4. The van der Waals surface area contributed by atoms with E-state index in [1.165, 1.54) is 17.0 Å². The van der Waals surface area contributed by atoms with Crippen LogP contribution in [0.4, 0.5) is 13.2 Å². The fourth-order valence-electron chi connectivity index (χ4n) is 1.90. The summed E-state index contributed by atoms with van der Waals surface area (Å²) in [5.74, 6) is -3.06. The molecule has 2 aromatic rings. The summed E-state index contributed by atoms with van der Waals surface area (Å²) >= 11 is 0. The van der Waals surface area contributed by atoms with Gasteiger partial charge in [-0.1, -0.05) is 13.8 Å². The average molecular weight is 256 g/mol. The molecule has 98 valence electrons. The second-order valence-electron chi connectivity index (χ2n) is 4.22. The Hall–Kier alpha value is -1.52. The molecule has 18 heavy (non-hydrogen) atoms. The molecule has 1 unspecified atom stereocenters. The summed E-state index contributed by atoms with van der Waals surface area (Å²) in [7, 11) is 0. The van der Waals surface area contributed by atoms with Crippen molar-refractivity contribution >= 4 is 11.0 Å². The predicted octanol–water partition coefficient (Wildman–Crippen LogP) is 4.09. The highest BCUT2D eigenvalue weighted by Crippen LogP contribution is 2.53. The van der Waals surface area contributed by atoms with E-state index in [-0.39, 0.29) is 6.42 Å². The number of nitrogens with zero attached hydrogens (tertiary/aromatic N) is 2. The van der Waals surface area contributed by atoms with Gasteiger partial charge < -0.3 is 4.57 Å². The Bertz CT molecular complexity index is 575. The van der Waals surface area contributed by atoms with Crippen molar-refractivity contribution in [2.75, 3.05) is 0 Å². The van der Waals surface area contributed by atoms with E-state index in [4.69, 9.17) is 0 Å². The van der Waals surface area contributed by atoms with E-state index < -0.39 is 17.8 Å². The maximum Gasteiger partial charge on any atom is 0.270 e. The smallest absolute Gasteiger partial charge is 0.270 e. The number of hydrogen-bond donors (Lipinski definition) is 0. The first-order chi connectivity index (χ1) is 8.49. The molecular formula is C13H15F3N2. The number of benzene rings is 1. The number of hydrogen-bond acceptors (Lipinski definition) is 1. The highest BCUT2D eigenvalue weighted by Gasteiger charge is 2.58. The van der Waals surface area contributed by atoms with Gasteiger partial charge in [0.1, 0.15) is 11.9 Å². The van der Waals surface area contributed by atoms with E-state index in [9.17, 15) is 13.2 Å². The lowest BCUT2D eigenvalue weighted by atomic mass is 10.2. The summed E-state index contributed by atoms with van der Waals surface area (Å²) < 4.78 is 40.6. The Kier molecular flexibility index (Phi) is 3.09. The largest absolute Gasteiger partial charge is 0.321 e. The zero-order valence-electron chi connectivity index (χ0n) is 10.5. The second kappa shape index (κ2) is 4.30. The van der Waals surface area contributed by atoms with Gasteiger partial charge >= 0.3 is 0 Å². The van der Waals surface area contributed by atoms with Crippen LogP contribution in [-0.4, -0.2) is 15.5 Å². The second-order valence-corrected chi connectivity index (χ2v) is 4.22. The van der Waals surface area contributed by atoms with Gasteiger partial charge in [0.25, 0.3) is 5.92 Å². The van der Waals surface area contributed by atoms with Crippen molar-refractivity contribution in [1.29, 1.82) is 0 Å². The predicted molar refractivity (Wildman–Crippen MR) is 64.4 cm³/mol. The molecule has 1 aromatic carbocycles. The number of imidazole rings is 1. The highest BCUT2D eigenvalue weighted by atomic mass is 19.3. The van der Waals surface area contributed by atoms with Gasteiger partial charge in [-0.15, -0.1) is 0 Å². The first-order valence-electron chi connectivity index (χ1n) is 5.99. The van der Waals surface area contributed by atoms with Crippen LogP contribution in [0, 0.1) is 12.7 Å². The third kappa shape index (κ3) is 1.98. The monoisotopic (exact) mass is 256 g/mol. The molecule has 1 saturated carbocycles. The van der Waals surface area contributed by atoms with Gasteiger partial charge in [0.15, 0.2) is 0 Å². The van der Waals surface area contributed by atoms with Gasteiger partial charge in [0.05, 0.1) is 17.4 Å². The summed E-state index contributed by atoms with van der Waals surface area (Å²) in [6.45, 7) is 5.62. The minimum Gasteiger partial charge on any atom is -0.321 e. The Balaban J connectivity index is 0.000000574. The van der Waals surface area contributed by atoms with Crippen LogP contribution in [0.25, 0.3) is 11.0 Å². The Morgan fingerprint density at radius 1 is 1.33 bits per heavy atom. The van der Waals surface area contributed by atoms with Crippen LogP contribution < -0.4 is 0 Å². The first-order valence-corrected chi connectivity index (χ1v) is 5.99. The van der Waals surface area contributed by atoms with E-state index >= 15 is 0 Å².